The van der Waals surface area contributed by atoms with Gasteiger partial charge in [0.15, 0.2) is 0 Å². The third kappa shape index (κ3) is 3.81. The van der Waals surface area contributed by atoms with E-state index in [2.05, 4.69) is 0 Å². The summed E-state index contributed by atoms with van der Waals surface area (Å²) in [6, 6.07) is 6.71. The van der Waals surface area contributed by atoms with E-state index >= 15 is 0 Å². The summed E-state index contributed by atoms with van der Waals surface area (Å²) in [6.07, 6.45) is 1.72. The van der Waals surface area contributed by atoms with Gasteiger partial charge in [0, 0.05) is 16.1 Å². The molecule has 0 heterocycles. The molecule has 1 aromatic rings. The van der Waals surface area contributed by atoms with Crippen molar-refractivity contribution >= 4 is 19.7 Å². The van der Waals surface area contributed by atoms with Gasteiger partial charge in [-0.3, -0.25) is 0 Å². The van der Waals surface area contributed by atoms with Gasteiger partial charge in [-0.15, -0.1) is 0 Å². The molecule has 0 atom stereocenters. The average Bonchev–Trinajstić information content (AvgIpc) is 2.06. The lowest BCUT2D eigenvalue weighted by Gasteiger charge is -1.98. The monoisotopic (exact) mass is 232 g/mol. The Morgan fingerprint density at radius 2 is 2.00 bits per heavy atom. The summed E-state index contributed by atoms with van der Waals surface area (Å²) < 4.78 is 21.0. The predicted molar refractivity (Wildman–Crippen MR) is 55.7 cm³/mol. The minimum atomic E-state index is -3.60. The fourth-order valence-electron chi connectivity index (χ4n) is 0.973. The molecular formula is C9H9ClO3S. The van der Waals surface area contributed by atoms with E-state index in [0.29, 0.717) is 12.0 Å². The fourth-order valence-corrected chi connectivity index (χ4v) is 1.52. The van der Waals surface area contributed by atoms with Gasteiger partial charge in [-0.25, -0.2) is 8.42 Å². The van der Waals surface area contributed by atoms with Crippen molar-refractivity contribution in [2.24, 2.45) is 0 Å². The molecule has 1 aromatic carbocycles. The van der Waals surface area contributed by atoms with Gasteiger partial charge in [-0.1, -0.05) is 24.3 Å². The van der Waals surface area contributed by atoms with Crippen LogP contribution in [0.5, 0.6) is 5.75 Å². The number of allylic oxidation sites excluding steroid dienone is 1. The van der Waals surface area contributed by atoms with E-state index in [4.69, 9.17) is 10.7 Å². The molecule has 0 fully saturated rings. The fraction of sp³-hybridized carbons (Fsp3) is 0.111. The average molecular weight is 233 g/mol. The molecule has 0 unspecified atom stereocenters. The van der Waals surface area contributed by atoms with Gasteiger partial charge in [0.1, 0.15) is 5.75 Å². The van der Waals surface area contributed by atoms with E-state index < -0.39 is 9.05 Å². The summed E-state index contributed by atoms with van der Waals surface area (Å²) in [7, 11) is 1.37. The van der Waals surface area contributed by atoms with E-state index in [9.17, 15) is 13.5 Å². The number of halogens is 1. The van der Waals surface area contributed by atoms with Gasteiger partial charge in [-0.05, 0) is 18.1 Å². The number of benzene rings is 1. The lowest BCUT2D eigenvalue weighted by Crippen LogP contribution is -1.84. The van der Waals surface area contributed by atoms with Crippen molar-refractivity contribution in [2.45, 2.75) is 6.42 Å². The van der Waals surface area contributed by atoms with Gasteiger partial charge in [0.05, 0.1) is 0 Å². The predicted octanol–water partition coefficient (Wildman–Crippen LogP) is 2.02. The Bertz CT molecular complexity index is 437. The Hall–Kier alpha value is -1.00. The molecule has 0 spiro atoms. The second kappa shape index (κ2) is 4.48. The standard InChI is InChI=1S/C9H9ClO3S/c10-14(12,13)7-3-5-8-4-1-2-6-9(8)11/h1-4,6-7,11H,5H2/b7-3-. The molecule has 3 nitrogen and oxygen atoms in total. The Balaban J connectivity index is 2.72. The molecule has 0 aliphatic rings. The molecule has 0 aliphatic heterocycles. The Morgan fingerprint density at radius 1 is 1.36 bits per heavy atom. The lowest BCUT2D eigenvalue weighted by atomic mass is 10.1. The summed E-state index contributed by atoms with van der Waals surface area (Å²) >= 11 is 0. The van der Waals surface area contributed by atoms with E-state index in [1.54, 1.807) is 24.3 Å². The molecule has 0 aliphatic carbocycles. The molecule has 5 heteroatoms. The highest BCUT2D eigenvalue weighted by atomic mass is 35.7. The summed E-state index contributed by atoms with van der Waals surface area (Å²) in [5, 5.41) is 10.2. The van der Waals surface area contributed by atoms with Crippen LogP contribution in [0.1, 0.15) is 5.56 Å². The first-order chi connectivity index (χ1) is 6.49. The van der Waals surface area contributed by atoms with Gasteiger partial charge in [0.25, 0.3) is 9.05 Å². The van der Waals surface area contributed by atoms with E-state index in [0.717, 1.165) is 5.41 Å². The van der Waals surface area contributed by atoms with Crippen LogP contribution in [0.2, 0.25) is 0 Å². The minimum absolute atomic E-state index is 0.143. The van der Waals surface area contributed by atoms with Gasteiger partial charge >= 0.3 is 0 Å². The SMILES string of the molecule is O=S(=O)(Cl)/C=C\Cc1ccccc1O. The summed E-state index contributed by atoms with van der Waals surface area (Å²) in [6.45, 7) is 0. The zero-order valence-electron chi connectivity index (χ0n) is 7.22. The zero-order chi connectivity index (χ0) is 10.6. The van der Waals surface area contributed by atoms with Crippen LogP contribution < -0.4 is 0 Å². The van der Waals surface area contributed by atoms with E-state index in [1.165, 1.54) is 6.08 Å². The molecular weight excluding hydrogens is 224 g/mol. The maximum absolute atomic E-state index is 10.5. The quantitative estimate of drug-likeness (QED) is 0.812. The highest BCUT2D eigenvalue weighted by Gasteiger charge is 1.99. The third-order valence-corrected chi connectivity index (χ3v) is 2.41. The summed E-state index contributed by atoms with van der Waals surface area (Å²) in [5.74, 6) is 0.143. The molecule has 14 heavy (non-hydrogen) atoms. The minimum Gasteiger partial charge on any atom is -0.508 e. The van der Waals surface area contributed by atoms with Gasteiger partial charge in [-0.2, -0.15) is 0 Å². The first-order valence-electron chi connectivity index (χ1n) is 3.87. The van der Waals surface area contributed by atoms with Crippen LogP contribution in [0.4, 0.5) is 0 Å². The largest absolute Gasteiger partial charge is 0.508 e. The highest BCUT2D eigenvalue weighted by molar-refractivity contribution is 8.16. The van der Waals surface area contributed by atoms with Gasteiger partial charge in [0.2, 0.25) is 0 Å². The van der Waals surface area contributed by atoms with Crippen molar-refractivity contribution in [1.82, 2.24) is 0 Å². The van der Waals surface area contributed by atoms with Crippen molar-refractivity contribution in [1.29, 1.82) is 0 Å². The van der Waals surface area contributed by atoms with Crippen molar-refractivity contribution < 1.29 is 13.5 Å². The number of hydrogen-bond donors (Lipinski definition) is 1. The van der Waals surface area contributed by atoms with Crippen LogP contribution in [0, 0.1) is 0 Å². The topological polar surface area (TPSA) is 54.4 Å². The van der Waals surface area contributed by atoms with Crippen molar-refractivity contribution in [3.8, 4) is 5.75 Å². The first kappa shape index (κ1) is 11.1. The van der Waals surface area contributed by atoms with Crippen molar-refractivity contribution in [3.05, 3.63) is 41.3 Å². The Morgan fingerprint density at radius 3 is 2.57 bits per heavy atom. The molecule has 1 N–H and O–H groups in total. The third-order valence-electron chi connectivity index (χ3n) is 1.59. The molecule has 0 saturated carbocycles. The van der Waals surface area contributed by atoms with Crippen molar-refractivity contribution in [2.75, 3.05) is 0 Å². The van der Waals surface area contributed by atoms with E-state index in [-0.39, 0.29) is 5.75 Å². The molecule has 1 rings (SSSR count). The number of phenolic OH excluding ortho intramolecular Hbond substituents is 1. The van der Waals surface area contributed by atoms with Gasteiger partial charge < -0.3 is 5.11 Å². The summed E-state index contributed by atoms with van der Waals surface area (Å²) in [4.78, 5) is 0. The van der Waals surface area contributed by atoms with Crippen LogP contribution in [-0.4, -0.2) is 13.5 Å². The van der Waals surface area contributed by atoms with Crippen LogP contribution >= 0.6 is 10.7 Å². The normalized spacial score (nSPS) is 12.1. The molecule has 0 saturated heterocycles. The molecule has 0 aromatic heterocycles. The van der Waals surface area contributed by atoms with Crippen LogP contribution in [-0.2, 0) is 15.5 Å². The van der Waals surface area contributed by atoms with Crippen LogP contribution in [0.3, 0.4) is 0 Å². The Labute approximate surface area is 87.1 Å². The second-order valence-corrected chi connectivity index (χ2v) is 5.19. The maximum Gasteiger partial charge on any atom is 0.254 e. The summed E-state index contributed by atoms with van der Waals surface area (Å²) in [5.41, 5.74) is 0.657. The smallest absolute Gasteiger partial charge is 0.254 e. The highest BCUT2D eigenvalue weighted by Crippen LogP contribution is 2.16. The Kier molecular flexibility index (Phi) is 3.55. The van der Waals surface area contributed by atoms with Crippen molar-refractivity contribution in [3.63, 3.8) is 0 Å². The van der Waals surface area contributed by atoms with Crippen LogP contribution in [0.25, 0.3) is 0 Å². The number of aromatic hydroxyl groups is 1. The number of rotatable bonds is 3. The zero-order valence-corrected chi connectivity index (χ0v) is 8.79. The first-order valence-corrected chi connectivity index (χ1v) is 6.24. The van der Waals surface area contributed by atoms with Crippen LogP contribution in [0.15, 0.2) is 35.7 Å². The number of para-hydroxylation sites is 1. The molecule has 0 radical (unpaired) electrons. The second-order valence-electron chi connectivity index (χ2n) is 2.68. The lowest BCUT2D eigenvalue weighted by molar-refractivity contribution is 0.469. The number of phenols is 1. The number of hydrogen-bond acceptors (Lipinski definition) is 3. The molecule has 76 valence electrons. The molecule has 0 bridgehead atoms. The van der Waals surface area contributed by atoms with E-state index in [1.807, 2.05) is 0 Å². The maximum atomic E-state index is 10.5. The molecule has 0 amide bonds.